The first kappa shape index (κ1) is 10.7. The van der Waals surface area contributed by atoms with Gasteiger partial charge in [0, 0.05) is 0 Å². The van der Waals surface area contributed by atoms with E-state index in [1.54, 1.807) is 24.3 Å². The Bertz CT molecular complexity index is 455. The highest BCUT2D eigenvalue weighted by Crippen LogP contribution is 2.23. The average molecular weight is 209 g/mol. The lowest BCUT2D eigenvalue weighted by molar-refractivity contribution is 0.574. The van der Waals surface area contributed by atoms with Crippen LogP contribution < -0.4 is 0 Å². The van der Waals surface area contributed by atoms with E-state index in [0.29, 0.717) is 0 Å². The van der Waals surface area contributed by atoms with Crippen molar-refractivity contribution in [2.75, 3.05) is 0 Å². The Hall–Kier alpha value is -1.34. The number of hydrogen-bond donors (Lipinski definition) is 0. The normalized spacial score (nSPS) is 12.1. The molecule has 1 aromatic carbocycles. The molecule has 1 rings (SSSR count). The molecule has 0 atom stereocenters. The molecule has 0 aliphatic heterocycles. The third kappa shape index (κ3) is 1.64. The van der Waals surface area contributed by atoms with Gasteiger partial charge in [0.05, 0.1) is 11.0 Å². The smallest absolute Gasteiger partial charge is 0.196 e. The van der Waals surface area contributed by atoms with Crippen molar-refractivity contribution in [1.82, 2.24) is 0 Å². The van der Waals surface area contributed by atoms with Crippen LogP contribution in [0.25, 0.3) is 0 Å². The van der Waals surface area contributed by atoms with Gasteiger partial charge in [0.15, 0.2) is 14.6 Å². The van der Waals surface area contributed by atoms with E-state index < -0.39 is 14.6 Å². The molecule has 14 heavy (non-hydrogen) atoms. The number of nitriles is 1. The Morgan fingerprint density at radius 1 is 1.21 bits per heavy atom. The Kier molecular flexibility index (Phi) is 2.63. The highest BCUT2D eigenvalue weighted by Gasteiger charge is 2.35. The minimum Gasteiger partial charge on any atom is -0.222 e. The summed E-state index contributed by atoms with van der Waals surface area (Å²) >= 11 is 0. The van der Waals surface area contributed by atoms with Crippen LogP contribution in [0, 0.1) is 11.3 Å². The SMILES string of the molecule is CC(C)(C#N)S(=O)(=O)c1ccccc1. The third-order valence-corrected chi connectivity index (χ3v) is 4.32. The first-order valence-corrected chi connectivity index (χ1v) is 5.61. The molecule has 0 radical (unpaired) electrons. The molecule has 0 saturated heterocycles. The summed E-state index contributed by atoms with van der Waals surface area (Å²) in [6.07, 6.45) is 0. The maximum Gasteiger partial charge on any atom is 0.196 e. The van der Waals surface area contributed by atoms with Gasteiger partial charge in [-0.25, -0.2) is 8.42 Å². The van der Waals surface area contributed by atoms with Gasteiger partial charge in [-0.1, -0.05) is 18.2 Å². The number of nitrogens with zero attached hydrogens (tertiary/aromatic N) is 1. The van der Waals surface area contributed by atoms with Crippen LogP contribution in [0.1, 0.15) is 13.8 Å². The molecule has 0 spiro atoms. The number of rotatable bonds is 2. The maximum absolute atomic E-state index is 11.9. The van der Waals surface area contributed by atoms with Crippen molar-refractivity contribution in [1.29, 1.82) is 5.26 Å². The van der Waals surface area contributed by atoms with Crippen molar-refractivity contribution in [2.45, 2.75) is 23.5 Å². The van der Waals surface area contributed by atoms with E-state index in [-0.39, 0.29) is 4.90 Å². The molecule has 0 aliphatic rings. The lowest BCUT2D eigenvalue weighted by atomic mass is 10.2. The largest absolute Gasteiger partial charge is 0.222 e. The van der Waals surface area contributed by atoms with Crippen molar-refractivity contribution < 1.29 is 8.42 Å². The molecule has 0 bridgehead atoms. The molecule has 0 fully saturated rings. The van der Waals surface area contributed by atoms with E-state index >= 15 is 0 Å². The summed E-state index contributed by atoms with van der Waals surface area (Å²) in [4.78, 5) is 0.187. The maximum atomic E-state index is 11.9. The van der Waals surface area contributed by atoms with Crippen molar-refractivity contribution >= 4 is 9.84 Å². The molecule has 74 valence electrons. The molecule has 0 aromatic heterocycles. The zero-order valence-electron chi connectivity index (χ0n) is 8.06. The quantitative estimate of drug-likeness (QED) is 0.745. The lowest BCUT2D eigenvalue weighted by Gasteiger charge is -2.15. The monoisotopic (exact) mass is 209 g/mol. The van der Waals surface area contributed by atoms with Gasteiger partial charge in [0.25, 0.3) is 0 Å². The Morgan fingerprint density at radius 3 is 2.14 bits per heavy atom. The molecule has 0 N–H and O–H groups in total. The van der Waals surface area contributed by atoms with E-state index in [1.165, 1.54) is 26.0 Å². The zero-order valence-corrected chi connectivity index (χ0v) is 8.88. The summed E-state index contributed by atoms with van der Waals surface area (Å²) < 4.78 is 22.3. The van der Waals surface area contributed by atoms with Crippen LogP contribution in [0.15, 0.2) is 35.2 Å². The van der Waals surface area contributed by atoms with Gasteiger partial charge in [0.1, 0.15) is 0 Å². The standard InChI is InChI=1S/C10H11NO2S/c1-10(2,8-11)14(12,13)9-6-4-3-5-7-9/h3-7H,1-2H3. The van der Waals surface area contributed by atoms with Gasteiger partial charge in [-0.05, 0) is 26.0 Å². The predicted molar refractivity (Wildman–Crippen MR) is 53.3 cm³/mol. The van der Waals surface area contributed by atoms with Crippen molar-refractivity contribution in [3.63, 3.8) is 0 Å². The fourth-order valence-electron chi connectivity index (χ4n) is 0.954. The minimum atomic E-state index is -3.55. The van der Waals surface area contributed by atoms with Crippen LogP contribution in [-0.4, -0.2) is 13.2 Å². The van der Waals surface area contributed by atoms with Crippen LogP contribution in [0.2, 0.25) is 0 Å². The molecule has 0 saturated carbocycles. The molecule has 0 amide bonds. The predicted octanol–water partition coefficient (Wildman–Crippen LogP) is 1.76. The van der Waals surface area contributed by atoms with Crippen molar-refractivity contribution in [2.24, 2.45) is 0 Å². The summed E-state index contributed by atoms with van der Waals surface area (Å²) in [5.41, 5.74) is 0. The highest BCUT2D eigenvalue weighted by molar-refractivity contribution is 7.93. The Labute approximate surface area is 83.9 Å². The first-order valence-electron chi connectivity index (χ1n) is 4.13. The van der Waals surface area contributed by atoms with Crippen LogP contribution in [0.3, 0.4) is 0 Å². The topological polar surface area (TPSA) is 57.9 Å². The summed E-state index contributed by atoms with van der Waals surface area (Å²) in [5, 5.41) is 8.76. The van der Waals surface area contributed by atoms with E-state index in [1.807, 2.05) is 0 Å². The van der Waals surface area contributed by atoms with Crippen LogP contribution in [0.5, 0.6) is 0 Å². The Balaban J connectivity index is 3.32. The highest BCUT2D eigenvalue weighted by atomic mass is 32.2. The summed E-state index contributed by atoms with van der Waals surface area (Å²) in [5.74, 6) is 0. The lowest BCUT2D eigenvalue weighted by Crippen LogP contribution is -2.29. The number of sulfone groups is 1. The van der Waals surface area contributed by atoms with E-state index in [0.717, 1.165) is 0 Å². The van der Waals surface area contributed by atoms with Crippen molar-refractivity contribution in [3.8, 4) is 6.07 Å². The minimum absolute atomic E-state index is 0.187. The summed E-state index contributed by atoms with van der Waals surface area (Å²) in [7, 11) is -3.55. The third-order valence-electron chi connectivity index (χ3n) is 1.99. The van der Waals surface area contributed by atoms with Crippen molar-refractivity contribution in [3.05, 3.63) is 30.3 Å². The average Bonchev–Trinajstić information content (AvgIpc) is 2.19. The first-order chi connectivity index (χ1) is 6.42. The fraction of sp³-hybridized carbons (Fsp3) is 0.300. The van der Waals surface area contributed by atoms with Gasteiger partial charge >= 0.3 is 0 Å². The molecule has 1 aromatic rings. The second kappa shape index (κ2) is 3.43. The molecular weight excluding hydrogens is 198 g/mol. The molecule has 3 nitrogen and oxygen atoms in total. The second-order valence-electron chi connectivity index (χ2n) is 3.44. The van der Waals surface area contributed by atoms with Crippen LogP contribution in [0.4, 0.5) is 0 Å². The second-order valence-corrected chi connectivity index (χ2v) is 5.94. The van der Waals surface area contributed by atoms with Gasteiger partial charge in [-0.3, -0.25) is 0 Å². The number of hydrogen-bond acceptors (Lipinski definition) is 3. The van der Waals surface area contributed by atoms with Crippen LogP contribution >= 0.6 is 0 Å². The molecular formula is C10H11NO2S. The van der Waals surface area contributed by atoms with Gasteiger partial charge in [0.2, 0.25) is 0 Å². The van der Waals surface area contributed by atoms with Gasteiger partial charge in [-0.2, -0.15) is 5.26 Å². The number of benzene rings is 1. The Morgan fingerprint density at radius 2 is 1.71 bits per heavy atom. The molecule has 0 heterocycles. The van der Waals surface area contributed by atoms with E-state index in [4.69, 9.17) is 5.26 Å². The van der Waals surface area contributed by atoms with Crippen LogP contribution in [-0.2, 0) is 9.84 Å². The fourth-order valence-corrected chi connectivity index (χ4v) is 2.18. The van der Waals surface area contributed by atoms with E-state index in [9.17, 15) is 8.42 Å². The summed E-state index contributed by atoms with van der Waals surface area (Å²) in [6, 6.07) is 9.79. The molecule has 4 heteroatoms. The molecule has 0 aliphatic carbocycles. The van der Waals surface area contributed by atoms with Gasteiger partial charge < -0.3 is 0 Å². The van der Waals surface area contributed by atoms with E-state index in [2.05, 4.69) is 0 Å². The van der Waals surface area contributed by atoms with Gasteiger partial charge in [-0.15, -0.1) is 0 Å². The molecule has 0 unspecified atom stereocenters. The summed E-state index contributed by atoms with van der Waals surface area (Å²) in [6.45, 7) is 2.80. The zero-order chi connectivity index (χ0) is 10.8.